The lowest BCUT2D eigenvalue weighted by molar-refractivity contribution is 0.0519. The van der Waals surface area contributed by atoms with Gasteiger partial charge in [0, 0.05) is 22.8 Å². The van der Waals surface area contributed by atoms with Gasteiger partial charge in [-0.1, -0.05) is 29.8 Å². The number of carbonyl (C=O) groups is 1. The van der Waals surface area contributed by atoms with E-state index in [1.807, 2.05) is 0 Å². The number of benzene rings is 1. The van der Waals surface area contributed by atoms with Crippen LogP contribution in [-0.2, 0) is 21.3 Å². The van der Waals surface area contributed by atoms with E-state index in [1.165, 1.54) is 0 Å². The van der Waals surface area contributed by atoms with E-state index in [0.29, 0.717) is 21.8 Å². The van der Waals surface area contributed by atoms with E-state index in [9.17, 15) is 13.2 Å². The lowest BCUT2D eigenvalue weighted by atomic mass is 10.2. The maximum absolute atomic E-state index is 12.6. The van der Waals surface area contributed by atoms with Crippen LogP contribution in [0.3, 0.4) is 0 Å². The number of aryl methyl sites for hydroxylation is 1. The van der Waals surface area contributed by atoms with Crippen LogP contribution in [-0.4, -0.2) is 26.0 Å². The molecule has 0 saturated heterocycles. The Hall–Kier alpha value is -1.83. The number of nitrogens with one attached hydrogen (secondary N) is 2. The molecule has 8 heteroatoms. The van der Waals surface area contributed by atoms with Gasteiger partial charge in [0.1, 0.15) is 10.6 Å². The Morgan fingerprint density at radius 1 is 1.29 bits per heavy atom. The summed E-state index contributed by atoms with van der Waals surface area (Å²) in [6.07, 6.45) is 0. The van der Waals surface area contributed by atoms with Crippen molar-refractivity contribution in [1.29, 1.82) is 0 Å². The van der Waals surface area contributed by atoms with Crippen LogP contribution >= 0.6 is 11.6 Å². The molecule has 0 radical (unpaired) electrons. The predicted octanol–water partition coefficient (Wildman–Crippen LogP) is 2.94. The maximum atomic E-state index is 12.6. The number of esters is 1. The van der Waals surface area contributed by atoms with Gasteiger partial charge in [-0.05, 0) is 32.4 Å². The van der Waals surface area contributed by atoms with Crippen LogP contribution in [0.5, 0.6) is 0 Å². The van der Waals surface area contributed by atoms with Crippen LogP contribution in [0.1, 0.15) is 34.2 Å². The molecule has 0 unspecified atom stereocenters. The fraction of sp³-hybridized carbons (Fsp3) is 0.312. The van der Waals surface area contributed by atoms with Crippen molar-refractivity contribution in [3.8, 4) is 0 Å². The Balaban J connectivity index is 2.30. The van der Waals surface area contributed by atoms with Crippen molar-refractivity contribution in [3.63, 3.8) is 0 Å². The van der Waals surface area contributed by atoms with E-state index in [2.05, 4.69) is 9.71 Å². The fourth-order valence-corrected chi connectivity index (χ4v) is 4.08. The molecule has 2 aromatic rings. The van der Waals surface area contributed by atoms with Crippen LogP contribution in [0, 0.1) is 13.8 Å². The van der Waals surface area contributed by atoms with Crippen LogP contribution in [0.4, 0.5) is 0 Å². The summed E-state index contributed by atoms with van der Waals surface area (Å²) in [7, 11) is -3.81. The van der Waals surface area contributed by atoms with Gasteiger partial charge >= 0.3 is 5.97 Å². The lowest BCUT2D eigenvalue weighted by Gasteiger charge is -2.09. The molecular formula is C16H19ClN2O4S. The Morgan fingerprint density at radius 2 is 1.96 bits per heavy atom. The number of sulfonamides is 1. The summed E-state index contributed by atoms with van der Waals surface area (Å²) < 4.78 is 32.7. The van der Waals surface area contributed by atoms with Crippen molar-refractivity contribution in [2.45, 2.75) is 32.2 Å². The van der Waals surface area contributed by atoms with E-state index in [4.69, 9.17) is 16.3 Å². The molecule has 1 aromatic heterocycles. The molecule has 0 aliphatic carbocycles. The topological polar surface area (TPSA) is 88.3 Å². The standard InChI is InChI=1S/C16H19ClN2O4S/c1-4-23-16(20)14-10(2)15(11(3)19-14)24(21,22)18-9-12-7-5-6-8-13(12)17/h5-8,18-19H,4,9H2,1-3H3. The van der Waals surface area contributed by atoms with Crippen molar-refractivity contribution < 1.29 is 17.9 Å². The van der Waals surface area contributed by atoms with Crippen LogP contribution < -0.4 is 4.72 Å². The Labute approximate surface area is 146 Å². The highest BCUT2D eigenvalue weighted by Crippen LogP contribution is 2.24. The van der Waals surface area contributed by atoms with Gasteiger partial charge in [-0.15, -0.1) is 0 Å². The number of ether oxygens (including phenoxy) is 1. The average Bonchev–Trinajstić information content (AvgIpc) is 2.82. The molecule has 0 aliphatic rings. The number of rotatable bonds is 6. The number of H-pyrrole nitrogens is 1. The highest BCUT2D eigenvalue weighted by Gasteiger charge is 2.27. The van der Waals surface area contributed by atoms with Gasteiger partial charge in [-0.2, -0.15) is 0 Å². The molecule has 0 aliphatic heterocycles. The smallest absolute Gasteiger partial charge is 0.355 e. The van der Waals surface area contributed by atoms with Gasteiger partial charge in [0.2, 0.25) is 10.0 Å². The van der Waals surface area contributed by atoms with Crippen LogP contribution in [0.15, 0.2) is 29.2 Å². The molecule has 1 aromatic carbocycles. The van der Waals surface area contributed by atoms with Gasteiger partial charge < -0.3 is 9.72 Å². The van der Waals surface area contributed by atoms with Crippen LogP contribution in [0.2, 0.25) is 5.02 Å². The summed E-state index contributed by atoms with van der Waals surface area (Å²) in [5.74, 6) is -0.578. The molecule has 2 N–H and O–H groups in total. The van der Waals surface area contributed by atoms with Crippen molar-refractivity contribution >= 4 is 27.6 Å². The first-order chi connectivity index (χ1) is 11.3. The SMILES string of the molecule is CCOC(=O)c1[nH]c(C)c(S(=O)(=O)NCc2ccccc2Cl)c1C. The molecule has 2 rings (SSSR count). The molecular weight excluding hydrogens is 352 g/mol. The summed E-state index contributed by atoms with van der Waals surface area (Å²) >= 11 is 6.04. The molecule has 1 heterocycles. The monoisotopic (exact) mass is 370 g/mol. The summed E-state index contributed by atoms with van der Waals surface area (Å²) in [5, 5.41) is 0.481. The van der Waals surface area contributed by atoms with Crippen LogP contribution in [0.25, 0.3) is 0 Å². The number of aromatic nitrogens is 1. The number of hydrogen-bond donors (Lipinski definition) is 2. The first-order valence-electron chi connectivity index (χ1n) is 7.37. The Bertz CT molecular complexity index is 859. The van der Waals surface area contributed by atoms with Gasteiger partial charge in [0.25, 0.3) is 0 Å². The number of hydrogen-bond acceptors (Lipinski definition) is 4. The largest absolute Gasteiger partial charge is 0.461 e. The van der Waals surface area contributed by atoms with E-state index < -0.39 is 16.0 Å². The zero-order valence-electron chi connectivity index (χ0n) is 13.6. The lowest BCUT2D eigenvalue weighted by Crippen LogP contribution is -2.24. The van der Waals surface area contributed by atoms with Gasteiger partial charge in [-0.3, -0.25) is 0 Å². The molecule has 0 fully saturated rings. The minimum atomic E-state index is -3.81. The van der Waals surface area contributed by atoms with Gasteiger partial charge in [0.15, 0.2) is 0 Å². The number of carbonyl (C=O) groups excluding carboxylic acids is 1. The predicted molar refractivity (Wildman–Crippen MR) is 91.7 cm³/mol. The molecule has 0 amide bonds. The van der Waals surface area contributed by atoms with E-state index in [-0.39, 0.29) is 23.7 Å². The van der Waals surface area contributed by atoms with Crippen molar-refractivity contribution in [2.24, 2.45) is 0 Å². The molecule has 6 nitrogen and oxygen atoms in total. The van der Waals surface area contributed by atoms with Crippen molar-refractivity contribution in [3.05, 3.63) is 51.8 Å². The maximum Gasteiger partial charge on any atom is 0.355 e. The van der Waals surface area contributed by atoms with Crippen molar-refractivity contribution in [2.75, 3.05) is 6.61 Å². The van der Waals surface area contributed by atoms with E-state index >= 15 is 0 Å². The molecule has 0 saturated carbocycles. The van der Waals surface area contributed by atoms with Crippen molar-refractivity contribution in [1.82, 2.24) is 9.71 Å². The van der Waals surface area contributed by atoms with Gasteiger partial charge in [-0.25, -0.2) is 17.9 Å². The van der Waals surface area contributed by atoms with E-state index in [1.54, 1.807) is 45.0 Å². The second-order valence-corrected chi connectivity index (χ2v) is 7.33. The third-order valence-corrected chi connectivity index (χ3v) is 5.57. The molecule has 24 heavy (non-hydrogen) atoms. The average molecular weight is 371 g/mol. The summed E-state index contributed by atoms with van der Waals surface area (Å²) in [4.78, 5) is 14.7. The zero-order chi connectivity index (χ0) is 17.9. The third kappa shape index (κ3) is 3.80. The summed E-state index contributed by atoms with van der Waals surface area (Å²) in [6, 6.07) is 6.98. The zero-order valence-corrected chi connectivity index (χ0v) is 15.2. The quantitative estimate of drug-likeness (QED) is 0.765. The Kier molecular flexibility index (Phi) is 5.69. The highest BCUT2D eigenvalue weighted by molar-refractivity contribution is 7.89. The highest BCUT2D eigenvalue weighted by atomic mass is 35.5. The molecule has 130 valence electrons. The second kappa shape index (κ2) is 7.38. The molecule has 0 atom stereocenters. The van der Waals surface area contributed by atoms with Gasteiger partial charge in [0.05, 0.1) is 6.61 Å². The number of aromatic amines is 1. The summed E-state index contributed by atoms with van der Waals surface area (Å²) in [6.45, 7) is 5.12. The molecule has 0 bridgehead atoms. The normalized spacial score (nSPS) is 11.5. The molecule has 0 spiro atoms. The summed E-state index contributed by atoms with van der Waals surface area (Å²) in [5.41, 5.74) is 1.52. The Morgan fingerprint density at radius 3 is 2.58 bits per heavy atom. The minimum Gasteiger partial charge on any atom is -0.461 e. The first kappa shape index (κ1) is 18.5. The van der Waals surface area contributed by atoms with E-state index in [0.717, 1.165) is 0 Å². The third-order valence-electron chi connectivity index (χ3n) is 3.53. The minimum absolute atomic E-state index is 0.0533. The first-order valence-corrected chi connectivity index (χ1v) is 9.23. The fourth-order valence-electron chi connectivity index (χ4n) is 2.43. The number of halogens is 1. The second-order valence-electron chi connectivity index (χ2n) is 5.22.